The molecule has 0 spiro atoms. The number of hydrogen-bond donors (Lipinski definition) is 1. The van der Waals surface area contributed by atoms with Gasteiger partial charge in [0.25, 0.3) is 0 Å². The smallest absolute Gasteiger partial charge is 0.0836 e. The van der Waals surface area contributed by atoms with E-state index in [-0.39, 0.29) is 6.61 Å². The Morgan fingerprint density at radius 3 is 2.14 bits per heavy atom. The molecule has 2 nitrogen and oxygen atoms in total. The lowest BCUT2D eigenvalue weighted by Gasteiger charge is -2.14. The van der Waals surface area contributed by atoms with E-state index in [1.807, 2.05) is 47.0 Å². The number of halogens is 3. The quantitative estimate of drug-likeness (QED) is 0.652. The van der Waals surface area contributed by atoms with Gasteiger partial charge in [-0.2, -0.15) is 0 Å². The highest BCUT2D eigenvalue weighted by atomic mass is 35.5. The summed E-state index contributed by atoms with van der Waals surface area (Å²) in [5, 5.41) is 11.4. The largest absolute Gasteiger partial charge is 0.390 e. The van der Waals surface area contributed by atoms with Gasteiger partial charge in [-0.1, -0.05) is 34.8 Å². The minimum Gasteiger partial charge on any atom is -0.390 e. The van der Waals surface area contributed by atoms with Crippen LogP contribution < -0.4 is 0 Å². The zero-order valence-electron chi connectivity index (χ0n) is 11.4. The lowest BCUT2D eigenvalue weighted by Crippen LogP contribution is -2.02. The van der Waals surface area contributed by atoms with Gasteiger partial charge in [-0.3, -0.25) is 0 Å². The van der Waals surface area contributed by atoms with Crippen LogP contribution >= 0.6 is 34.8 Å². The van der Waals surface area contributed by atoms with E-state index in [1.54, 1.807) is 12.1 Å². The molecular weight excluding hydrogens is 341 g/mol. The summed E-state index contributed by atoms with van der Waals surface area (Å²) < 4.78 is 1.95. The van der Waals surface area contributed by atoms with Crippen molar-refractivity contribution in [3.63, 3.8) is 0 Å². The third kappa shape index (κ3) is 2.88. The Morgan fingerprint density at radius 2 is 1.50 bits per heavy atom. The topological polar surface area (TPSA) is 25.2 Å². The highest BCUT2D eigenvalue weighted by molar-refractivity contribution is 6.36. The van der Waals surface area contributed by atoms with Crippen LogP contribution in [0.2, 0.25) is 15.1 Å². The van der Waals surface area contributed by atoms with E-state index < -0.39 is 0 Å². The van der Waals surface area contributed by atoms with Gasteiger partial charge in [-0.25, -0.2) is 0 Å². The average molecular weight is 353 g/mol. The summed E-state index contributed by atoms with van der Waals surface area (Å²) in [7, 11) is 0. The fourth-order valence-corrected chi connectivity index (χ4v) is 3.04. The predicted molar refractivity (Wildman–Crippen MR) is 92.2 cm³/mol. The highest BCUT2D eigenvalue weighted by Gasteiger charge is 2.14. The van der Waals surface area contributed by atoms with Crippen LogP contribution in [-0.2, 0) is 6.61 Å². The lowest BCUT2D eigenvalue weighted by molar-refractivity contribution is 0.275. The summed E-state index contributed by atoms with van der Waals surface area (Å²) >= 11 is 18.2. The number of rotatable bonds is 3. The fraction of sp³-hybridized carbons (Fsp3) is 0.0588. The van der Waals surface area contributed by atoms with Crippen molar-refractivity contribution < 1.29 is 5.11 Å². The minimum atomic E-state index is -0.0756. The Morgan fingerprint density at radius 1 is 0.818 bits per heavy atom. The summed E-state index contributed by atoms with van der Waals surface area (Å²) in [6, 6.07) is 16.6. The van der Waals surface area contributed by atoms with Crippen molar-refractivity contribution in [2.75, 3.05) is 0 Å². The summed E-state index contributed by atoms with van der Waals surface area (Å²) in [6.45, 7) is -0.0756. The predicted octanol–water partition coefficient (Wildman–Crippen LogP) is 5.60. The second-order valence-electron chi connectivity index (χ2n) is 4.80. The van der Waals surface area contributed by atoms with Crippen molar-refractivity contribution in [1.29, 1.82) is 0 Å². The third-order valence-electron chi connectivity index (χ3n) is 3.42. The molecule has 1 N–H and O–H groups in total. The number of benzene rings is 2. The third-order valence-corrected chi connectivity index (χ3v) is 4.22. The molecule has 5 heteroatoms. The zero-order chi connectivity index (χ0) is 15.7. The molecule has 0 radical (unpaired) electrons. The molecule has 0 saturated heterocycles. The average Bonchev–Trinajstić information content (AvgIpc) is 2.92. The van der Waals surface area contributed by atoms with E-state index in [0.717, 1.165) is 22.6 Å². The molecule has 0 amide bonds. The van der Waals surface area contributed by atoms with Crippen LogP contribution in [0.4, 0.5) is 0 Å². The number of aliphatic hydroxyl groups is 1. The maximum Gasteiger partial charge on any atom is 0.0836 e. The number of aromatic nitrogens is 1. The minimum absolute atomic E-state index is 0.0756. The van der Waals surface area contributed by atoms with Crippen LogP contribution in [0.25, 0.3) is 16.9 Å². The van der Waals surface area contributed by atoms with Gasteiger partial charge in [-0.15, -0.1) is 0 Å². The standard InChI is InChI=1S/C17H12Cl3NO/c18-11-1-4-13(5-2-11)21-14(10-22)6-8-17(21)15-7-3-12(19)9-16(15)20/h1-9,22H,10H2. The molecule has 3 aromatic rings. The van der Waals surface area contributed by atoms with Gasteiger partial charge in [0.1, 0.15) is 0 Å². The number of hydrogen-bond acceptors (Lipinski definition) is 1. The Kier molecular flexibility index (Phi) is 4.46. The molecule has 0 aliphatic heterocycles. The van der Waals surface area contributed by atoms with Gasteiger partial charge in [-0.05, 0) is 54.6 Å². The van der Waals surface area contributed by atoms with Crippen LogP contribution in [-0.4, -0.2) is 9.67 Å². The van der Waals surface area contributed by atoms with Crippen LogP contribution in [0.5, 0.6) is 0 Å². The van der Waals surface area contributed by atoms with Gasteiger partial charge in [0, 0.05) is 27.0 Å². The first-order valence-corrected chi connectivity index (χ1v) is 7.76. The lowest BCUT2D eigenvalue weighted by atomic mass is 10.1. The number of nitrogens with zero attached hydrogens (tertiary/aromatic N) is 1. The highest BCUT2D eigenvalue weighted by Crippen LogP contribution is 2.33. The number of aliphatic hydroxyl groups excluding tert-OH is 1. The van der Waals surface area contributed by atoms with Gasteiger partial charge >= 0.3 is 0 Å². The van der Waals surface area contributed by atoms with Crippen LogP contribution in [0, 0.1) is 0 Å². The van der Waals surface area contributed by atoms with E-state index in [0.29, 0.717) is 15.1 Å². The van der Waals surface area contributed by atoms with Gasteiger partial charge < -0.3 is 9.67 Å². The molecule has 2 aromatic carbocycles. The summed E-state index contributed by atoms with van der Waals surface area (Å²) in [5.74, 6) is 0. The first kappa shape index (κ1) is 15.4. The molecule has 22 heavy (non-hydrogen) atoms. The molecule has 0 unspecified atom stereocenters. The summed E-state index contributed by atoms with van der Waals surface area (Å²) in [5.41, 5.74) is 3.40. The van der Waals surface area contributed by atoms with Crippen molar-refractivity contribution in [2.24, 2.45) is 0 Å². The van der Waals surface area contributed by atoms with E-state index in [9.17, 15) is 5.11 Å². The molecule has 0 bridgehead atoms. The molecule has 0 fully saturated rings. The van der Waals surface area contributed by atoms with Crippen molar-refractivity contribution in [3.05, 3.63) is 75.4 Å². The molecule has 0 aliphatic carbocycles. The molecule has 0 atom stereocenters. The maximum atomic E-state index is 9.61. The molecule has 3 rings (SSSR count). The van der Waals surface area contributed by atoms with Crippen LogP contribution in [0.1, 0.15) is 5.69 Å². The van der Waals surface area contributed by atoms with Crippen molar-refractivity contribution in [1.82, 2.24) is 4.57 Å². The van der Waals surface area contributed by atoms with Gasteiger partial charge in [0.15, 0.2) is 0 Å². The summed E-state index contributed by atoms with van der Waals surface area (Å²) in [4.78, 5) is 0. The second kappa shape index (κ2) is 6.35. The van der Waals surface area contributed by atoms with Gasteiger partial charge in [0.2, 0.25) is 0 Å². The van der Waals surface area contributed by atoms with Crippen LogP contribution in [0.15, 0.2) is 54.6 Å². The van der Waals surface area contributed by atoms with Crippen molar-refractivity contribution in [2.45, 2.75) is 6.61 Å². The Bertz CT molecular complexity index is 809. The molecule has 0 aliphatic rings. The summed E-state index contributed by atoms with van der Waals surface area (Å²) in [6.07, 6.45) is 0. The zero-order valence-corrected chi connectivity index (χ0v) is 13.7. The fourth-order valence-electron chi connectivity index (χ4n) is 2.40. The Hall–Kier alpha value is -1.45. The molecule has 112 valence electrons. The molecule has 1 aromatic heterocycles. The van der Waals surface area contributed by atoms with Crippen molar-refractivity contribution >= 4 is 34.8 Å². The molecule has 0 saturated carbocycles. The normalized spacial score (nSPS) is 10.9. The maximum absolute atomic E-state index is 9.61. The Labute approximate surface area is 143 Å². The van der Waals surface area contributed by atoms with E-state index in [1.165, 1.54) is 0 Å². The van der Waals surface area contributed by atoms with Gasteiger partial charge in [0.05, 0.1) is 17.3 Å². The van der Waals surface area contributed by atoms with E-state index >= 15 is 0 Å². The SMILES string of the molecule is OCc1ccc(-c2ccc(Cl)cc2Cl)n1-c1ccc(Cl)cc1. The van der Waals surface area contributed by atoms with Crippen molar-refractivity contribution in [3.8, 4) is 16.9 Å². The van der Waals surface area contributed by atoms with E-state index in [4.69, 9.17) is 34.8 Å². The van der Waals surface area contributed by atoms with E-state index in [2.05, 4.69) is 0 Å². The first-order valence-electron chi connectivity index (χ1n) is 6.63. The molecular formula is C17H12Cl3NO. The molecule has 1 heterocycles. The van der Waals surface area contributed by atoms with Crippen LogP contribution in [0.3, 0.4) is 0 Å². The second-order valence-corrected chi connectivity index (χ2v) is 6.08. The Balaban J connectivity index is 2.21. The first-order chi connectivity index (χ1) is 10.6. The monoisotopic (exact) mass is 351 g/mol.